The molecule has 0 bridgehead atoms. The van der Waals surface area contributed by atoms with Crippen molar-refractivity contribution in [2.24, 2.45) is 5.73 Å². The molecule has 2 heterocycles. The highest BCUT2D eigenvalue weighted by molar-refractivity contribution is 5.83. The largest absolute Gasteiger partial charge is 0.371 e. The van der Waals surface area contributed by atoms with E-state index in [1.54, 1.807) is 0 Å². The van der Waals surface area contributed by atoms with Crippen LogP contribution in [0.5, 0.6) is 0 Å². The SMILES string of the molecule is Cc1cccc(N2CCC(c3c(CN(C)CCN)ccc4[nH]ncc34)CC2)c1. The molecule has 0 spiro atoms. The number of anilines is 1. The van der Waals surface area contributed by atoms with Crippen molar-refractivity contribution < 1.29 is 0 Å². The second-order valence-corrected chi connectivity index (χ2v) is 8.10. The summed E-state index contributed by atoms with van der Waals surface area (Å²) in [5, 5.41) is 8.75. The Labute approximate surface area is 167 Å². The number of benzene rings is 2. The first-order valence-electron chi connectivity index (χ1n) is 10.3. The molecule has 148 valence electrons. The summed E-state index contributed by atoms with van der Waals surface area (Å²) in [5.74, 6) is 0.573. The van der Waals surface area contributed by atoms with Crippen molar-refractivity contribution in [3.05, 3.63) is 59.3 Å². The summed E-state index contributed by atoms with van der Waals surface area (Å²) in [6, 6.07) is 13.3. The van der Waals surface area contributed by atoms with Crippen LogP contribution in [0.3, 0.4) is 0 Å². The van der Waals surface area contributed by atoms with Crippen LogP contribution in [0.4, 0.5) is 5.69 Å². The van der Waals surface area contributed by atoms with E-state index < -0.39 is 0 Å². The van der Waals surface area contributed by atoms with Gasteiger partial charge in [-0.1, -0.05) is 18.2 Å². The minimum atomic E-state index is 0.573. The van der Waals surface area contributed by atoms with Gasteiger partial charge in [0.25, 0.3) is 0 Å². The molecule has 28 heavy (non-hydrogen) atoms. The van der Waals surface area contributed by atoms with Crippen LogP contribution < -0.4 is 10.6 Å². The molecule has 0 radical (unpaired) electrons. The first-order valence-corrected chi connectivity index (χ1v) is 10.3. The Hall–Kier alpha value is -2.37. The van der Waals surface area contributed by atoms with Gasteiger partial charge in [-0.05, 0) is 67.6 Å². The minimum Gasteiger partial charge on any atom is -0.371 e. The van der Waals surface area contributed by atoms with E-state index in [1.807, 2.05) is 6.20 Å². The van der Waals surface area contributed by atoms with Crippen LogP contribution in [0.25, 0.3) is 10.9 Å². The van der Waals surface area contributed by atoms with Gasteiger partial charge >= 0.3 is 0 Å². The summed E-state index contributed by atoms with van der Waals surface area (Å²) in [7, 11) is 2.15. The summed E-state index contributed by atoms with van der Waals surface area (Å²) in [6.45, 7) is 6.90. The van der Waals surface area contributed by atoms with Gasteiger partial charge in [-0.25, -0.2) is 0 Å². The Kier molecular flexibility index (Phi) is 5.64. The van der Waals surface area contributed by atoms with Crippen LogP contribution in [0, 0.1) is 6.92 Å². The van der Waals surface area contributed by atoms with Crippen molar-refractivity contribution in [1.82, 2.24) is 15.1 Å². The van der Waals surface area contributed by atoms with E-state index in [4.69, 9.17) is 5.73 Å². The lowest BCUT2D eigenvalue weighted by atomic mass is 9.84. The van der Waals surface area contributed by atoms with Crippen LogP contribution in [-0.2, 0) is 6.54 Å². The van der Waals surface area contributed by atoms with E-state index in [2.05, 4.69) is 70.4 Å². The Balaban J connectivity index is 1.57. The molecular weight excluding hydrogens is 346 g/mol. The second kappa shape index (κ2) is 8.33. The number of hydrogen-bond acceptors (Lipinski definition) is 4. The van der Waals surface area contributed by atoms with Gasteiger partial charge in [0.15, 0.2) is 0 Å². The smallest absolute Gasteiger partial charge is 0.0653 e. The third kappa shape index (κ3) is 3.91. The predicted molar refractivity (Wildman–Crippen MR) is 117 cm³/mol. The van der Waals surface area contributed by atoms with Gasteiger partial charge in [0.2, 0.25) is 0 Å². The number of aromatic nitrogens is 2. The molecule has 0 aliphatic carbocycles. The monoisotopic (exact) mass is 377 g/mol. The molecule has 1 fully saturated rings. The molecule has 4 rings (SSSR count). The van der Waals surface area contributed by atoms with Gasteiger partial charge < -0.3 is 15.5 Å². The van der Waals surface area contributed by atoms with Crippen molar-refractivity contribution >= 4 is 16.6 Å². The quantitative estimate of drug-likeness (QED) is 0.688. The van der Waals surface area contributed by atoms with Gasteiger partial charge in [-0.3, -0.25) is 5.10 Å². The number of aromatic amines is 1. The van der Waals surface area contributed by atoms with Crippen LogP contribution >= 0.6 is 0 Å². The summed E-state index contributed by atoms with van der Waals surface area (Å²) < 4.78 is 0. The average Bonchev–Trinajstić information content (AvgIpc) is 3.17. The van der Waals surface area contributed by atoms with Crippen LogP contribution in [-0.4, -0.2) is 48.3 Å². The molecular formula is C23H31N5. The maximum absolute atomic E-state index is 5.76. The molecule has 0 atom stereocenters. The molecule has 1 aromatic heterocycles. The summed E-state index contributed by atoms with van der Waals surface area (Å²) in [5.41, 5.74) is 12.5. The standard InChI is InChI=1S/C23H31N5/c1-17-4-3-5-20(14-17)28-11-8-18(9-12-28)23-19(16-27(2)13-10-24)6-7-22-21(23)15-25-26-22/h3-7,14-15,18H,8-13,16,24H2,1-2H3,(H,25,26). The lowest BCUT2D eigenvalue weighted by molar-refractivity contribution is 0.334. The number of fused-ring (bicyclic) bond motifs is 1. The fourth-order valence-electron chi connectivity index (χ4n) is 4.55. The molecule has 5 heteroatoms. The topological polar surface area (TPSA) is 61.2 Å². The van der Waals surface area contributed by atoms with E-state index >= 15 is 0 Å². The van der Waals surface area contributed by atoms with Crippen molar-refractivity contribution in [1.29, 1.82) is 0 Å². The zero-order chi connectivity index (χ0) is 19.5. The Morgan fingerprint density at radius 1 is 1.21 bits per heavy atom. The number of hydrogen-bond donors (Lipinski definition) is 2. The van der Waals surface area contributed by atoms with Gasteiger partial charge in [0.05, 0.1) is 11.7 Å². The molecule has 0 unspecified atom stereocenters. The zero-order valence-corrected chi connectivity index (χ0v) is 17.0. The normalized spacial score (nSPS) is 15.6. The molecule has 1 aliphatic heterocycles. The van der Waals surface area contributed by atoms with E-state index in [-0.39, 0.29) is 0 Å². The highest BCUT2D eigenvalue weighted by Gasteiger charge is 2.25. The van der Waals surface area contributed by atoms with Gasteiger partial charge in [-0.15, -0.1) is 0 Å². The van der Waals surface area contributed by atoms with E-state index in [1.165, 1.54) is 40.6 Å². The molecule has 0 saturated carbocycles. The predicted octanol–water partition coefficient (Wildman–Crippen LogP) is 3.65. The molecule has 1 aliphatic rings. The van der Waals surface area contributed by atoms with E-state index in [9.17, 15) is 0 Å². The first kappa shape index (κ1) is 19.0. The van der Waals surface area contributed by atoms with E-state index in [0.29, 0.717) is 12.5 Å². The minimum absolute atomic E-state index is 0.573. The summed E-state index contributed by atoms with van der Waals surface area (Å²) in [6.07, 6.45) is 4.35. The molecule has 3 N–H and O–H groups in total. The van der Waals surface area contributed by atoms with Gasteiger partial charge in [0, 0.05) is 43.8 Å². The van der Waals surface area contributed by atoms with Crippen molar-refractivity contribution in [3.63, 3.8) is 0 Å². The average molecular weight is 378 g/mol. The number of H-pyrrole nitrogens is 1. The van der Waals surface area contributed by atoms with Crippen LogP contribution in [0.15, 0.2) is 42.6 Å². The molecule has 0 amide bonds. The number of likely N-dealkylation sites (N-methyl/N-ethyl adjacent to an activating group) is 1. The zero-order valence-electron chi connectivity index (χ0n) is 17.0. The number of nitrogens with one attached hydrogen (secondary N) is 1. The maximum Gasteiger partial charge on any atom is 0.0653 e. The number of nitrogens with zero attached hydrogens (tertiary/aromatic N) is 3. The highest BCUT2D eigenvalue weighted by atomic mass is 15.1. The van der Waals surface area contributed by atoms with Crippen molar-refractivity contribution in [2.45, 2.75) is 32.2 Å². The number of nitrogens with two attached hydrogens (primary N) is 1. The fraction of sp³-hybridized carbons (Fsp3) is 0.435. The highest BCUT2D eigenvalue weighted by Crippen LogP contribution is 2.36. The lowest BCUT2D eigenvalue weighted by Gasteiger charge is -2.35. The number of aryl methyl sites for hydroxylation is 1. The molecule has 5 nitrogen and oxygen atoms in total. The number of piperidine rings is 1. The maximum atomic E-state index is 5.76. The van der Waals surface area contributed by atoms with Crippen molar-refractivity contribution in [2.75, 3.05) is 38.1 Å². The summed E-state index contributed by atoms with van der Waals surface area (Å²) >= 11 is 0. The third-order valence-corrected chi connectivity index (χ3v) is 5.98. The first-order chi connectivity index (χ1) is 13.7. The Bertz CT molecular complexity index is 924. The van der Waals surface area contributed by atoms with Crippen LogP contribution in [0.2, 0.25) is 0 Å². The van der Waals surface area contributed by atoms with Crippen molar-refractivity contribution in [3.8, 4) is 0 Å². The second-order valence-electron chi connectivity index (χ2n) is 8.10. The fourth-order valence-corrected chi connectivity index (χ4v) is 4.55. The molecule has 2 aromatic carbocycles. The van der Waals surface area contributed by atoms with Crippen LogP contribution in [0.1, 0.15) is 35.4 Å². The van der Waals surface area contributed by atoms with Gasteiger partial charge in [-0.2, -0.15) is 5.10 Å². The van der Waals surface area contributed by atoms with E-state index in [0.717, 1.165) is 31.7 Å². The Morgan fingerprint density at radius 3 is 2.79 bits per heavy atom. The lowest BCUT2D eigenvalue weighted by Crippen LogP contribution is -2.33. The Morgan fingerprint density at radius 2 is 2.04 bits per heavy atom. The summed E-state index contributed by atoms with van der Waals surface area (Å²) in [4.78, 5) is 4.84. The molecule has 1 saturated heterocycles. The van der Waals surface area contributed by atoms with Gasteiger partial charge in [0.1, 0.15) is 0 Å². The third-order valence-electron chi connectivity index (χ3n) is 5.98. The number of rotatable bonds is 6. The molecule has 3 aromatic rings.